The molecule has 20 heavy (non-hydrogen) atoms. The lowest BCUT2D eigenvalue weighted by molar-refractivity contribution is -0.136. The number of hydrogen-bond donors (Lipinski definition) is 1. The van der Waals surface area contributed by atoms with Gasteiger partial charge in [0.1, 0.15) is 11.9 Å². The van der Waals surface area contributed by atoms with Crippen molar-refractivity contribution in [3.63, 3.8) is 0 Å². The third kappa shape index (κ3) is 2.44. The van der Waals surface area contributed by atoms with Crippen LogP contribution in [0.5, 0.6) is 0 Å². The number of hydrogen-bond acceptors (Lipinski definition) is 4. The van der Waals surface area contributed by atoms with Gasteiger partial charge in [0, 0.05) is 0 Å². The number of imide groups is 1. The molecule has 1 unspecified atom stereocenters. The van der Waals surface area contributed by atoms with Crippen LogP contribution >= 0.6 is 0 Å². The van der Waals surface area contributed by atoms with Gasteiger partial charge in [-0.15, -0.1) is 0 Å². The van der Waals surface area contributed by atoms with Crippen molar-refractivity contribution in [1.29, 1.82) is 0 Å². The fourth-order valence-electron chi connectivity index (χ4n) is 2.01. The molecule has 2 amide bonds. The van der Waals surface area contributed by atoms with Crippen molar-refractivity contribution in [3.05, 3.63) is 29.6 Å². The van der Waals surface area contributed by atoms with Crippen molar-refractivity contribution < 1.29 is 22.4 Å². The Morgan fingerprint density at radius 3 is 2.60 bits per heavy atom. The summed E-state index contributed by atoms with van der Waals surface area (Å²) in [5.74, 6) is -1.91. The molecule has 0 saturated carbocycles. The Hall–Kier alpha value is -1.80. The van der Waals surface area contributed by atoms with E-state index in [0.29, 0.717) is 0 Å². The molecule has 0 spiro atoms. The van der Waals surface area contributed by atoms with Gasteiger partial charge >= 0.3 is 0 Å². The molecule has 0 radical (unpaired) electrons. The first-order chi connectivity index (χ1) is 9.23. The Morgan fingerprint density at radius 2 is 2.00 bits per heavy atom. The van der Waals surface area contributed by atoms with Gasteiger partial charge in [-0.3, -0.25) is 14.9 Å². The van der Waals surface area contributed by atoms with E-state index in [-0.39, 0.29) is 10.5 Å². The molecule has 1 N–H and O–H groups in total. The van der Waals surface area contributed by atoms with E-state index in [4.69, 9.17) is 0 Å². The Kier molecular flexibility index (Phi) is 3.61. The molecule has 0 aliphatic carbocycles. The number of piperazine rings is 1. The number of sulfonamides is 1. The van der Waals surface area contributed by atoms with Gasteiger partial charge in [0.05, 0.1) is 11.4 Å². The van der Waals surface area contributed by atoms with Crippen LogP contribution in [0, 0.1) is 12.7 Å². The van der Waals surface area contributed by atoms with Crippen LogP contribution in [0.15, 0.2) is 23.1 Å². The van der Waals surface area contributed by atoms with Crippen LogP contribution in [0.25, 0.3) is 0 Å². The van der Waals surface area contributed by atoms with Gasteiger partial charge in [-0.25, -0.2) is 12.8 Å². The van der Waals surface area contributed by atoms with Crippen LogP contribution < -0.4 is 5.32 Å². The maximum Gasteiger partial charge on any atom is 0.244 e. The molecule has 108 valence electrons. The van der Waals surface area contributed by atoms with Crippen molar-refractivity contribution in [3.8, 4) is 0 Å². The SMILES string of the molecule is Cc1cc(F)ccc1S(=O)(=O)N1CC(=O)NC(=O)C1C. The van der Waals surface area contributed by atoms with E-state index < -0.39 is 40.2 Å². The van der Waals surface area contributed by atoms with Crippen molar-refractivity contribution in [2.75, 3.05) is 6.54 Å². The van der Waals surface area contributed by atoms with E-state index >= 15 is 0 Å². The molecule has 1 heterocycles. The van der Waals surface area contributed by atoms with Crippen LogP contribution in [-0.4, -0.2) is 37.1 Å². The molecule has 1 saturated heterocycles. The van der Waals surface area contributed by atoms with Gasteiger partial charge in [-0.1, -0.05) is 0 Å². The maximum atomic E-state index is 13.1. The zero-order valence-corrected chi connectivity index (χ0v) is 11.7. The highest BCUT2D eigenvalue weighted by Gasteiger charge is 2.39. The molecule has 0 aromatic heterocycles. The molecular weight excluding hydrogens is 287 g/mol. The summed E-state index contributed by atoms with van der Waals surface area (Å²) < 4.78 is 38.9. The van der Waals surface area contributed by atoms with Crippen LogP contribution in [0.3, 0.4) is 0 Å². The quantitative estimate of drug-likeness (QED) is 0.789. The predicted octanol–water partition coefficient (Wildman–Crippen LogP) is 0.170. The van der Waals surface area contributed by atoms with Crippen molar-refractivity contribution in [2.45, 2.75) is 24.8 Å². The third-order valence-corrected chi connectivity index (χ3v) is 5.17. The summed E-state index contributed by atoms with van der Waals surface area (Å²) in [6, 6.07) is 2.24. The average Bonchev–Trinajstić information content (AvgIpc) is 2.33. The summed E-state index contributed by atoms with van der Waals surface area (Å²) >= 11 is 0. The zero-order valence-electron chi connectivity index (χ0n) is 10.9. The van der Waals surface area contributed by atoms with Crippen LogP contribution in [0.1, 0.15) is 12.5 Å². The number of nitrogens with zero attached hydrogens (tertiary/aromatic N) is 1. The Bertz CT molecular complexity index is 687. The lowest BCUT2D eigenvalue weighted by Gasteiger charge is -2.31. The molecule has 2 rings (SSSR count). The van der Waals surface area contributed by atoms with Crippen molar-refractivity contribution in [2.24, 2.45) is 0 Å². The smallest absolute Gasteiger partial charge is 0.244 e. The number of rotatable bonds is 2. The average molecular weight is 300 g/mol. The summed E-state index contributed by atoms with van der Waals surface area (Å²) in [5.41, 5.74) is 0.218. The van der Waals surface area contributed by atoms with Gasteiger partial charge in [0.2, 0.25) is 21.8 Å². The summed E-state index contributed by atoms with van der Waals surface area (Å²) in [7, 11) is -4.04. The number of carbonyl (C=O) groups is 2. The number of halogens is 1. The van der Waals surface area contributed by atoms with E-state index in [9.17, 15) is 22.4 Å². The van der Waals surface area contributed by atoms with Gasteiger partial charge in [0.25, 0.3) is 0 Å². The second-order valence-corrected chi connectivity index (χ2v) is 6.41. The highest BCUT2D eigenvalue weighted by molar-refractivity contribution is 7.89. The van der Waals surface area contributed by atoms with E-state index in [1.54, 1.807) is 0 Å². The number of nitrogens with one attached hydrogen (secondary N) is 1. The Morgan fingerprint density at radius 1 is 1.35 bits per heavy atom. The maximum absolute atomic E-state index is 13.1. The number of carbonyl (C=O) groups excluding carboxylic acids is 2. The molecule has 1 aliphatic rings. The normalized spacial score (nSPS) is 20.9. The molecule has 8 heteroatoms. The molecular formula is C12H13FN2O4S. The topological polar surface area (TPSA) is 83.6 Å². The lowest BCUT2D eigenvalue weighted by atomic mass is 10.2. The second kappa shape index (κ2) is 4.95. The first kappa shape index (κ1) is 14.6. The summed E-state index contributed by atoms with van der Waals surface area (Å²) in [4.78, 5) is 22.8. The van der Waals surface area contributed by atoms with E-state index in [2.05, 4.69) is 5.32 Å². The van der Waals surface area contributed by atoms with Gasteiger partial charge < -0.3 is 0 Å². The Balaban J connectivity index is 2.48. The summed E-state index contributed by atoms with van der Waals surface area (Å²) in [5, 5.41) is 2.06. The zero-order chi connectivity index (χ0) is 15.1. The molecule has 6 nitrogen and oxygen atoms in total. The molecule has 0 bridgehead atoms. The van der Waals surface area contributed by atoms with Gasteiger partial charge in [-0.05, 0) is 37.6 Å². The minimum Gasteiger partial charge on any atom is -0.294 e. The third-order valence-electron chi connectivity index (χ3n) is 3.10. The molecule has 1 aliphatic heterocycles. The van der Waals surface area contributed by atoms with Gasteiger partial charge in [-0.2, -0.15) is 4.31 Å². The summed E-state index contributed by atoms with van der Waals surface area (Å²) in [6.45, 7) is 2.40. The monoisotopic (exact) mass is 300 g/mol. The van der Waals surface area contributed by atoms with E-state index in [1.165, 1.54) is 13.8 Å². The predicted molar refractivity (Wildman–Crippen MR) is 67.6 cm³/mol. The molecule has 1 atom stereocenters. The van der Waals surface area contributed by atoms with Crippen LogP contribution in [0.4, 0.5) is 4.39 Å². The lowest BCUT2D eigenvalue weighted by Crippen LogP contribution is -2.58. The highest BCUT2D eigenvalue weighted by atomic mass is 32.2. The minimum atomic E-state index is -4.04. The molecule has 1 fully saturated rings. The first-order valence-electron chi connectivity index (χ1n) is 5.85. The highest BCUT2D eigenvalue weighted by Crippen LogP contribution is 2.23. The fourth-order valence-corrected chi connectivity index (χ4v) is 3.77. The standard InChI is InChI=1S/C12H13FN2O4S/c1-7-5-9(13)3-4-10(7)20(18,19)15-6-11(16)14-12(17)8(15)2/h3-5,8H,6H2,1-2H3,(H,14,16,17). The van der Waals surface area contributed by atoms with E-state index in [1.807, 2.05) is 0 Å². The molecule has 1 aromatic carbocycles. The van der Waals surface area contributed by atoms with Crippen LogP contribution in [0.2, 0.25) is 0 Å². The fraction of sp³-hybridized carbons (Fsp3) is 0.333. The van der Waals surface area contributed by atoms with Crippen LogP contribution in [-0.2, 0) is 19.6 Å². The number of aryl methyl sites for hydroxylation is 1. The number of benzene rings is 1. The molecule has 1 aromatic rings. The van der Waals surface area contributed by atoms with Crippen molar-refractivity contribution in [1.82, 2.24) is 9.62 Å². The second-order valence-electron chi connectivity index (χ2n) is 4.55. The minimum absolute atomic E-state index is 0.117. The largest absolute Gasteiger partial charge is 0.294 e. The number of amides is 2. The van der Waals surface area contributed by atoms with Crippen molar-refractivity contribution >= 4 is 21.8 Å². The van der Waals surface area contributed by atoms with Gasteiger partial charge in [0.15, 0.2) is 0 Å². The van der Waals surface area contributed by atoms with E-state index in [0.717, 1.165) is 22.5 Å². The summed E-state index contributed by atoms with van der Waals surface area (Å²) in [6.07, 6.45) is 0. The Labute approximate surface area is 115 Å². The first-order valence-corrected chi connectivity index (χ1v) is 7.29.